The lowest BCUT2D eigenvalue weighted by molar-refractivity contribution is -0.156. The van der Waals surface area contributed by atoms with E-state index in [0.717, 1.165) is 24.2 Å². The normalized spacial score (nSPS) is 16.1. The Labute approximate surface area is 176 Å². The molecule has 2 heterocycles. The van der Waals surface area contributed by atoms with E-state index in [9.17, 15) is 14.4 Å². The summed E-state index contributed by atoms with van der Waals surface area (Å²) in [5.41, 5.74) is 4.32. The minimum Gasteiger partial charge on any atom is -0.367 e. The van der Waals surface area contributed by atoms with Crippen molar-refractivity contribution in [3.8, 4) is 0 Å². The molecule has 1 saturated heterocycles. The van der Waals surface area contributed by atoms with Gasteiger partial charge in [0.15, 0.2) is 0 Å². The van der Waals surface area contributed by atoms with E-state index in [4.69, 9.17) is 0 Å². The van der Waals surface area contributed by atoms with Crippen molar-refractivity contribution in [1.82, 2.24) is 9.80 Å². The first-order valence-electron chi connectivity index (χ1n) is 10.4. The summed E-state index contributed by atoms with van der Waals surface area (Å²) in [7, 11) is 0. The average Bonchev–Trinajstić information content (AvgIpc) is 3.16. The molecule has 0 bridgehead atoms. The van der Waals surface area contributed by atoms with Crippen LogP contribution in [0.25, 0.3) is 0 Å². The number of para-hydroxylation sites is 2. The van der Waals surface area contributed by atoms with Crippen LogP contribution in [0.15, 0.2) is 48.5 Å². The van der Waals surface area contributed by atoms with E-state index in [0.29, 0.717) is 26.2 Å². The maximum Gasteiger partial charge on any atom is 0.312 e. The Bertz CT molecular complexity index is 974. The molecule has 0 atom stereocenters. The molecule has 7 heteroatoms. The van der Waals surface area contributed by atoms with Crippen molar-refractivity contribution in [3.63, 3.8) is 0 Å². The van der Waals surface area contributed by atoms with Crippen molar-refractivity contribution in [2.75, 3.05) is 42.9 Å². The largest absolute Gasteiger partial charge is 0.367 e. The van der Waals surface area contributed by atoms with Crippen molar-refractivity contribution in [2.45, 2.75) is 19.9 Å². The Morgan fingerprint density at radius 3 is 2.43 bits per heavy atom. The zero-order valence-electron chi connectivity index (χ0n) is 17.1. The summed E-state index contributed by atoms with van der Waals surface area (Å²) in [6.45, 7) is 4.68. The Kier molecular flexibility index (Phi) is 5.70. The number of amides is 3. The molecule has 0 radical (unpaired) electrons. The van der Waals surface area contributed by atoms with Crippen molar-refractivity contribution in [3.05, 3.63) is 59.7 Å². The van der Waals surface area contributed by atoms with E-state index in [1.165, 1.54) is 21.1 Å². The van der Waals surface area contributed by atoms with E-state index in [-0.39, 0.29) is 12.5 Å². The van der Waals surface area contributed by atoms with Gasteiger partial charge in [0.05, 0.1) is 0 Å². The molecule has 0 unspecified atom stereocenters. The topological polar surface area (TPSA) is 73.0 Å². The lowest BCUT2D eigenvalue weighted by Crippen LogP contribution is -2.55. The number of rotatable bonds is 6. The number of fused-ring (bicyclic) bond motifs is 1. The summed E-state index contributed by atoms with van der Waals surface area (Å²) >= 11 is 0. The highest BCUT2D eigenvalue weighted by molar-refractivity contribution is 6.35. The fourth-order valence-corrected chi connectivity index (χ4v) is 4.09. The van der Waals surface area contributed by atoms with Gasteiger partial charge in [-0.15, -0.1) is 0 Å². The molecule has 1 fully saturated rings. The number of benzene rings is 2. The van der Waals surface area contributed by atoms with Crippen LogP contribution in [0.5, 0.6) is 0 Å². The first-order valence-corrected chi connectivity index (χ1v) is 10.4. The molecule has 2 aromatic carbocycles. The summed E-state index contributed by atoms with van der Waals surface area (Å²) in [4.78, 5) is 42.1. The van der Waals surface area contributed by atoms with Crippen LogP contribution in [-0.2, 0) is 27.3 Å². The third-order valence-corrected chi connectivity index (χ3v) is 5.75. The second kappa shape index (κ2) is 8.57. The fraction of sp³-hybridized carbons (Fsp3) is 0.348. The van der Waals surface area contributed by atoms with Crippen molar-refractivity contribution in [1.29, 1.82) is 0 Å². The van der Waals surface area contributed by atoms with Gasteiger partial charge >= 0.3 is 11.8 Å². The minimum absolute atomic E-state index is 0.122. The summed E-state index contributed by atoms with van der Waals surface area (Å²) in [5, 5.41) is 2.93. The van der Waals surface area contributed by atoms with Gasteiger partial charge in [0.25, 0.3) is 0 Å². The van der Waals surface area contributed by atoms with Gasteiger partial charge in [-0.1, -0.05) is 36.4 Å². The van der Waals surface area contributed by atoms with Crippen LogP contribution in [0.1, 0.15) is 18.1 Å². The summed E-state index contributed by atoms with van der Waals surface area (Å²) in [6.07, 6.45) is 1.02. The van der Waals surface area contributed by atoms with Crippen LogP contribution in [0.3, 0.4) is 0 Å². The first-order chi connectivity index (χ1) is 14.6. The van der Waals surface area contributed by atoms with E-state index in [2.05, 4.69) is 28.4 Å². The number of nitrogens with one attached hydrogen (secondary N) is 1. The molecule has 0 spiro atoms. The number of anilines is 2. The number of carbonyl (C=O) groups excluding carboxylic acids is 3. The average molecular weight is 406 g/mol. The lowest BCUT2D eigenvalue weighted by atomic mass is 10.1. The maximum absolute atomic E-state index is 12.6. The molecule has 0 saturated carbocycles. The zero-order valence-corrected chi connectivity index (χ0v) is 17.1. The van der Waals surface area contributed by atoms with Crippen LogP contribution >= 0.6 is 0 Å². The van der Waals surface area contributed by atoms with Crippen molar-refractivity contribution < 1.29 is 14.4 Å². The summed E-state index contributed by atoms with van der Waals surface area (Å²) < 4.78 is 0. The third kappa shape index (κ3) is 4.01. The molecule has 0 aliphatic carbocycles. The lowest BCUT2D eigenvalue weighted by Gasteiger charge is -2.32. The van der Waals surface area contributed by atoms with Gasteiger partial charge in [0, 0.05) is 44.1 Å². The number of carbonyl (C=O) groups is 3. The van der Waals surface area contributed by atoms with Crippen LogP contribution in [0.4, 0.5) is 11.4 Å². The number of hydrogen-bond acceptors (Lipinski definition) is 4. The molecule has 3 amide bonds. The molecule has 1 N–H and O–H groups in total. The Balaban J connectivity index is 1.42. The van der Waals surface area contributed by atoms with Gasteiger partial charge in [0.2, 0.25) is 5.91 Å². The smallest absolute Gasteiger partial charge is 0.312 e. The third-order valence-electron chi connectivity index (χ3n) is 5.75. The van der Waals surface area contributed by atoms with Gasteiger partial charge in [-0.2, -0.15) is 0 Å². The molecule has 30 heavy (non-hydrogen) atoms. The van der Waals surface area contributed by atoms with Crippen LogP contribution in [-0.4, -0.2) is 60.2 Å². The fourth-order valence-electron chi connectivity index (χ4n) is 4.09. The number of hydrogen-bond donors (Lipinski definition) is 1. The SMILES string of the molecule is CCN1CCN(CC(=O)Nc2ccccc2CN2CCc3ccccc32)C(=O)C1=O. The van der Waals surface area contributed by atoms with Crippen LogP contribution < -0.4 is 10.2 Å². The van der Waals surface area contributed by atoms with Crippen LogP contribution in [0.2, 0.25) is 0 Å². The second-order valence-electron chi connectivity index (χ2n) is 7.62. The molecular formula is C23H26N4O3. The molecular weight excluding hydrogens is 380 g/mol. The number of piperazine rings is 1. The number of nitrogens with zero attached hydrogens (tertiary/aromatic N) is 3. The first kappa shape index (κ1) is 19.9. The van der Waals surface area contributed by atoms with Gasteiger partial charge < -0.3 is 20.0 Å². The minimum atomic E-state index is -0.611. The van der Waals surface area contributed by atoms with Gasteiger partial charge in [-0.05, 0) is 36.6 Å². The van der Waals surface area contributed by atoms with Crippen molar-refractivity contribution >= 4 is 29.1 Å². The molecule has 156 valence electrons. The molecule has 0 aromatic heterocycles. The summed E-state index contributed by atoms with van der Waals surface area (Å²) in [6, 6.07) is 16.1. The highest BCUT2D eigenvalue weighted by Crippen LogP contribution is 2.30. The molecule has 7 nitrogen and oxygen atoms in total. The highest BCUT2D eigenvalue weighted by atomic mass is 16.2. The molecule has 2 aliphatic heterocycles. The van der Waals surface area contributed by atoms with E-state index < -0.39 is 11.8 Å². The monoisotopic (exact) mass is 406 g/mol. The van der Waals surface area contributed by atoms with Crippen molar-refractivity contribution in [2.24, 2.45) is 0 Å². The second-order valence-corrected chi connectivity index (χ2v) is 7.62. The Morgan fingerprint density at radius 1 is 0.900 bits per heavy atom. The Hall–Kier alpha value is -3.35. The molecule has 4 rings (SSSR count). The molecule has 2 aliphatic rings. The Morgan fingerprint density at radius 2 is 1.60 bits per heavy atom. The van der Waals surface area contributed by atoms with Gasteiger partial charge in [-0.25, -0.2) is 0 Å². The standard InChI is InChI=1S/C23H26N4O3/c1-2-25-13-14-27(23(30)22(25)29)16-21(28)24-19-9-5-3-8-18(19)15-26-12-11-17-7-4-6-10-20(17)26/h3-10H,2,11-16H2,1H3,(H,24,28). The maximum atomic E-state index is 12.6. The molecule has 2 aromatic rings. The van der Waals surface area contributed by atoms with E-state index >= 15 is 0 Å². The van der Waals surface area contributed by atoms with E-state index in [1.54, 1.807) is 0 Å². The quantitative estimate of drug-likeness (QED) is 0.744. The van der Waals surface area contributed by atoms with Gasteiger partial charge in [-0.3, -0.25) is 14.4 Å². The zero-order chi connectivity index (χ0) is 21.1. The van der Waals surface area contributed by atoms with Gasteiger partial charge in [0.1, 0.15) is 6.54 Å². The highest BCUT2D eigenvalue weighted by Gasteiger charge is 2.32. The predicted octanol–water partition coefficient (Wildman–Crippen LogP) is 1.88. The summed E-state index contributed by atoms with van der Waals surface area (Å²) in [5.74, 6) is -1.44. The van der Waals surface area contributed by atoms with E-state index in [1.807, 2.05) is 37.3 Å². The number of likely N-dealkylation sites (N-methyl/N-ethyl adjacent to an activating group) is 1. The van der Waals surface area contributed by atoms with Crippen LogP contribution in [0, 0.1) is 0 Å². The predicted molar refractivity (Wildman–Crippen MR) is 115 cm³/mol.